The number of aromatic amines is 1. The smallest absolute Gasteiger partial charge is 0.132 e. The average molecular weight is 298 g/mol. The van der Waals surface area contributed by atoms with E-state index in [1.165, 1.54) is 15.4 Å². The zero-order chi connectivity index (χ0) is 13.8. The summed E-state index contributed by atoms with van der Waals surface area (Å²) in [5, 5.41) is 8.63. The van der Waals surface area contributed by atoms with Crippen LogP contribution in [0.15, 0.2) is 75.5 Å². The molecule has 100 valence electrons. The molecule has 0 amide bonds. The fourth-order valence-corrected chi connectivity index (χ4v) is 3.68. The molecule has 0 radical (unpaired) electrons. The van der Waals surface area contributed by atoms with Gasteiger partial charge in [0, 0.05) is 10.5 Å². The molecule has 2 nitrogen and oxygen atoms in total. The molecule has 0 saturated heterocycles. The second-order valence-electron chi connectivity index (χ2n) is 4.22. The van der Waals surface area contributed by atoms with Crippen molar-refractivity contribution in [3.05, 3.63) is 60.7 Å². The molecule has 0 saturated carbocycles. The largest absolute Gasteiger partial charge is 0.276 e. The highest BCUT2D eigenvalue weighted by Gasteiger charge is 2.15. The van der Waals surface area contributed by atoms with Gasteiger partial charge in [-0.2, -0.15) is 5.10 Å². The van der Waals surface area contributed by atoms with Gasteiger partial charge in [0.1, 0.15) is 5.03 Å². The Hall–Kier alpha value is -1.65. The van der Waals surface area contributed by atoms with Gasteiger partial charge >= 0.3 is 0 Å². The van der Waals surface area contributed by atoms with Crippen LogP contribution in [0.5, 0.6) is 0 Å². The van der Waals surface area contributed by atoms with E-state index in [1.807, 2.05) is 24.3 Å². The summed E-state index contributed by atoms with van der Waals surface area (Å²) in [5.74, 6) is 0. The Kier molecular flexibility index (Phi) is 4.14. The number of benzene rings is 2. The molecule has 0 bridgehead atoms. The normalized spacial score (nSPS) is 10.7. The van der Waals surface area contributed by atoms with E-state index in [-0.39, 0.29) is 0 Å². The molecule has 20 heavy (non-hydrogen) atoms. The van der Waals surface area contributed by atoms with Gasteiger partial charge in [-0.15, -0.1) is 11.8 Å². The molecule has 2 aromatic carbocycles. The zero-order valence-corrected chi connectivity index (χ0v) is 12.7. The van der Waals surface area contributed by atoms with Crippen molar-refractivity contribution in [1.29, 1.82) is 0 Å². The van der Waals surface area contributed by atoms with E-state index in [0.717, 1.165) is 10.7 Å². The van der Waals surface area contributed by atoms with Crippen LogP contribution in [0.4, 0.5) is 0 Å². The molecular formula is C16H14N2S2. The van der Waals surface area contributed by atoms with Crippen molar-refractivity contribution in [3.63, 3.8) is 0 Å². The van der Waals surface area contributed by atoms with Crippen molar-refractivity contribution in [1.82, 2.24) is 10.2 Å². The number of thioether (sulfide) groups is 1. The van der Waals surface area contributed by atoms with Gasteiger partial charge in [0.25, 0.3) is 0 Å². The highest BCUT2D eigenvalue weighted by molar-refractivity contribution is 8.02. The number of aromatic nitrogens is 2. The van der Waals surface area contributed by atoms with Crippen molar-refractivity contribution < 1.29 is 0 Å². The molecule has 1 heterocycles. The molecule has 4 heteroatoms. The van der Waals surface area contributed by atoms with Crippen molar-refractivity contribution in [3.8, 4) is 11.3 Å². The minimum Gasteiger partial charge on any atom is -0.276 e. The Bertz CT molecular complexity index is 678. The van der Waals surface area contributed by atoms with E-state index >= 15 is 0 Å². The van der Waals surface area contributed by atoms with E-state index in [9.17, 15) is 0 Å². The van der Waals surface area contributed by atoms with Crippen LogP contribution in [0.2, 0.25) is 0 Å². The van der Waals surface area contributed by atoms with E-state index < -0.39 is 0 Å². The molecule has 1 N–H and O–H groups in total. The fourth-order valence-electron chi connectivity index (χ4n) is 1.96. The quantitative estimate of drug-likeness (QED) is 0.691. The summed E-state index contributed by atoms with van der Waals surface area (Å²) in [5.41, 5.74) is 2.25. The minimum atomic E-state index is 1.04. The summed E-state index contributed by atoms with van der Waals surface area (Å²) in [4.78, 5) is 2.41. The lowest BCUT2D eigenvalue weighted by molar-refractivity contribution is 0.993. The summed E-state index contributed by atoms with van der Waals surface area (Å²) in [7, 11) is 0. The van der Waals surface area contributed by atoms with Gasteiger partial charge in [0.05, 0.1) is 10.6 Å². The Morgan fingerprint density at radius 2 is 1.55 bits per heavy atom. The van der Waals surface area contributed by atoms with E-state index in [1.54, 1.807) is 23.5 Å². The van der Waals surface area contributed by atoms with Crippen LogP contribution >= 0.6 is 23.5 Å². The fraction of sp³-hybridized carbons (Fsp3) is 0.0625. The van der Waals surface area contributed by atoms with Crippen LogP contribution in [0.25, 0.3) is 11.3 Å². The Labute approximate surface area is 127 Å². The second-order valence-corrected chi connectivity index (χ2v) is 6.10. The van der Waals surface area contributed by atoms with Crippen LogP contribution in [0, 0.1) is 0 Å². The maximum absolute atomic E-state index is 4.42. The molecule has 3 rings (SSSR count). The minimum absolute atomic E-state index is 1.04. The van der Waals surface area contributed by atoms with Gasteiger partial charge in [-0.3, -0.25) is 5.10 Å². The van der Waals surface area contributed by atoms with Gasteiger partial charge < -0.3 is 0 Å². The van der Waals surface area contributed by atoms with E-state index in [2.05, 4.69) is 52.9 Å². The van der Waals surface area contributed by atoms with Gasteiger partial charge in [-0.05, 0) is 18.4 Å². The first-order chi connectivity index (χ1) is 9.88. The highest BCUT2D eigenvalue weighted by atomic mass is 32.2. The third kappa shape index (κ3) is 2.76. The van der Waals surface area contributed by atoms with Crippen LogP contribution in [0.3, 0.4) is 0 Å². The van der Waals surface area contributed by atoms with Crippen molar-refractivity contribution >= 4 is 23.5 Å². The molecule has 0 aliphatic heterocycles. The monoisotopic (exact) mass is 298 g/mol. The first kappa shape index (κ1) is 13.3. The number of hydrogen-bond donors (Lipinski definition) is 1. The predicted molar refractivity (Wildman–Crippen MR) is 86.4 cm³/mol. The molecule has 0 spiro atoms. The van der Waals surface area contributed by atoms with Crippen molar-refractivity contribution in [2.45, 2.75) is 14.8 Å². The predicted octanol–water partition coefficient (Wildman–Crippen LogP) is 4.95. The zero-order valence-electron chi connectivity index (χ0n) is 11.0. The second kappa shape index (κ2) is 6.20. The average Bonchev–Trinajstić information content (AvgIpc) is 2.92. The summed E-state index contributed by atoms with van der Waals surface area (Å²) in [6.07, 6.45) is 2.06. The van der Waals surface area contributed by atoms with E-state index in [4.69, 9.17) is 0 Å². The van der Waals surface area contributed by atoms with Gasteiger partial charge in [-0.25, -0.2) is 0 Å². The summed E-state index contributed by atoms with van der Waals surface area (Å²) in [6.45, 7) is 0. The molecule has 1 aromatic heterocycles. The lowest BCUT2D eigenvalue weighted by Crippen LogP contribution is -1.80. The Balaban J connectivity index is 2.02. The van der Waals surface area contributed by atoms with Crippen LogP contribution < -0.4 is 0 Å². The number of hydrogen-bond acceptors (Lipinski definition) is 3. The number of rotatable bonds is 4. The molecular weight excluding hydrogens is 284 g/mol. The topological polar surface area (TPSA) is 28.7 Å². The maximum Gasteiger partial charge on any atom is 0.132 e. The van der Waals surface area contributed by atoms with Crippen LogP contribution in [-0.2, 0) is 0 Å². The third-order valence-electron chi connectivity index (χ3n) is 2.91. The van der Waals surface area contributed by atoms with E-state index in [0.29, 0.717) is 0 Å². The number of H-pyrrole nitrogens is 1. The van der Waals surface area contributed by atoms with Crippen LogP contribution in [-0.4, -0.2) is 16.5 Å². The lowest BCUT2D eigenvalue weighted by Gasteiger charge is -2.05. The summed E-state index contributed by atoms with van der Waals surface area (Å²) < 4.78 is 0. The number of nitrogens with zero attached hydrogens (tertiary/aromatic N) is 1. The molecule has 0 fully saturated rings. The molecule has 3 aromatic rings. The Morgan fingerprint density at radius 1 is 0.900 bits per heavy atom. The van der Waals surface area contributed by atoms with Gasteiger partial charge in [-0.1, -0.05) is 60.3 Å². The maximum atomic E-state index is 4.42. The van der Waals surface area contributed by atoms with Crippen LogP contribution in [0.1, 0.15) is 0 Å². The summed E-state index contributed by atoms with van der Waals surface area (Å²) >= 11 is 3.42. The summed E-state index contributed by atoms with van der Waals surface area (Å²) in [6, 6.07) is 20.7. The number of nitrogens with one attached hydrogen (secondary N) is 1. The van der Waals surface area contributed by atoms with Crippen molar-refractivity contribution in [2.24, 2.45) is 0 Å². The lowest BCUT2D eigenvalue weighted by atomic mass is 10.2. The molecule has 0 aliphatic rings. The Morgan fingerprint density at radius 3 is 2.20 bits per heavy atom. The van der Waals surface area contributed by atoms with Crippen molar-refractivity contribution in [2.75, 3.05) is 6.26 Å². The first-order valence-electron chi connectivity index (χ1n) is 6.29. The molecule has 0 aliphatic carbocycles. The SMILES string of the molecule is CSc1n[nH]c(-c2ccccc2)c1Sc1ccccc1. The third-order valence-corrected chi connectivity index (χ3v) is 4.83. The standard InChI is InChI=1S/C16H14N2S2/c1-19-16-15(20-13-10-6-3-7-11-13)14(17-18-16)12-8-4-2-5-9-12/h2-11H,1H3,(H,17,18). The van der Waals surface area contributed by atoms with Gasteiger partial charge in [0.15, 0.2) is 0 Å². The molecule has 0 atom stereocenters. The first-order valence-corrected chi connectivity index (χ1v) is 8.33. The highest BCUT2D eigenvalue weighted by Crippen LogP contribution is 2.40. The molecule has 0 unspecified atom stereocenters. The van der Waals surface area contributed by atoms with Gasteiger partial charge in [0.2, 0.25) is 0 Å².